The van der Waals surface area contributed by atoms with Crippen LogP contribution in [0.25, 0.3) is 17.5 Å². The monoisotopic (exact) mass is 222 g/mol. The molecule has 2 nitrogen and oxygen atoms in total. The zero-order valence-corrected chi connectivity index (χ0v) is 9.75. The summed E-state index contributed by atoms with van der Waals surface area (Å²) in [5.41, 5.74) is 1.95. The van der Waals surface area contributed by atoms with E-state index in [4.69, 9.17) is 0 Å². The highest BCUT2D eigenvalue weighted by Gasteiger charge is 1.99. The summed E-state index contributed by atoms with van der Waals surface area (Å²) < 4.78 is 0. The second kappa shape index (κ2) is 5.75. The number of rotatable bonds is 3. The van der Waals surface area contributed by atoms with Gasteiger partial charge in [-0.2, -0.15) is 0 Å². The van der Waals surface area contributed by atoms with Crippen LogP contribution < -0.4 is 0 Å². The van der Waals surface area contributed by atoms with E-state index in [0.717, 1.165) is 17.1 Å². The summed E-state index contributed by atoms with van der Waals surface area (Å²) in [4.78, 5) is 8.76. The zero-order chi connectivity index (χ0) is 11.9. The van der Waals surface area contributed by atoms with E-state index in [-0.39, 0.29) is 0 Å². The highest BCUT2D eigenvalue weighted by molar-refractivity contribution is 5.57. The average molecular weight is 222 g/mol. The fraction of sp³-hybridized carbons (Fsp3) is 0.0667. The van der Waals surface area contributed by atoms with Crippen LogP contribution in [0.15, 0.2) is 60.8 Å². The van der Waals surface area contributed by atoms with E-state index >= 15 is 0 Å². The Morgan fingerprint density at radius 3 is 2.59 bits per heavy atom. The van der Waals surface area contributed by atoms with Gasteiger partial charge in [-0.25, -0.2) is 9.97 Å². The maximum atomic E-state index is 4.48. The van der Waals surface area contributed by atoms with E-state index in [1.165, 1.54) is 0 Å². The van der Waals surface area contributed by atoms with Gasteiger partial charge in [0.1, 0.15) is 0 Å². The van der Waals surface area contributed by atoms with Crippen LogP contribution in [0.4, 0.5) is 0 Å². The Balaban J connectivity index is 2.29. The van der Waals surface area contributed by atoms with Crippen molar-refractivity contribution in [3.63, 3.8) is 0 Å². The zero-order valence-electron chi connectivity index (χ0n) is 9.75. The van der Waals surface area contributed by atoms with Crippen LogP contribution in [0.5, 0.6) is 0 Å². The quantitative estimate of drug-likeness (QED) is 0.739. The standard InChI is InChI=1S/C15H14N2/c1-2-3-5-10-14-11-12-16-15(17-14)13-8-6-4-7-9-13/h2-12H,1H3/b3-2-,10-5+. The topological polar surface area (TPSA) is 25.8 Å². The van der Waals surface area contributed by atoms with Gasteiger partial charge in [-0.3, -0.25) is 0 Å². The molecule has 0 aliphatic rings. The Bertz CT molecular complexity index is 528. The molecule has 0 aliphatic heterocycles. The first kappa shape index (κ1) is 11.3. The Hall–Kier alpha value is -2.22. The van der Waals surface area contributed by atoms with Gasteiger partial charge in [-0.15, -0.1) is 0 Å². The molecule has 0 saturated carbocycles. The molecular formula is C15H14N2. The summed E-state index contributed by atoms with van der Waals surface area (Å²) in [6.07, 6.45) is 9.68. The van der Waals surface area contributed by atoms with Gasteiger partial charge >= 0.3 is 0 Å². The Morgan fingerprint density at radius 1 is 1.00 bits per heavy atom. The van der Waals surface area contributed by atoms with Gasteiger partial charge in [0.05, 0.1) is 5.69 Å². The molecular weight excluding hydrogens is 208 g/mol. The van der Waals surface area contributed by atoms with Crippen LogP contribution in [0.2, 0.25) is 0 Å². The summed E-state index contributed by atoms with van der Waals surface area (Å²) in [5.74, 6) is 0.758. The Kier molecular flexibility index (Phi) is 3.81. The summed E-state index contributed by atoms with van der Waals surface area (Å²) in [7, 11) is 0. The normalized spacial score (nSPS) is 11.4. The molecule has 0 bridgehead atoms. The lowest BCUT2D eigenvalue weighted by Gasteiger charge is -2.00. The first-order valence-corrected chi connectivity index (χ1v) is 5.58. The third kappa shape index (κ3) is 3.11. The van der Waals surface area contributed by atoms with Crippen molar-refractivity contribution in [2.24, 2.45) is 0 Å². The average Bonchev–Trinajstić information content (AvgIpc) is 2.41. The fourth-order valence-corrected chi connectivity index (χ4v) is 1.46. The molecule has 0 unspecified atom stereocenters. The molecule has 1 heterocycles. The van der Waals surface area contributed by atoms with Crippen LogP contribution in [0, 0.1) is 0 Å². The Morgan fingerprint density at radius 2 is 1.82 bits per heavy atom. The molecule has 1 aromatic heterocycles. The van der Waals surface area contributed by atoms with E-state index in [1.54, 1.807) is 6.20 Å². The highest BCUT2D eigenvalue weighted by atomic mass is 14.9. The SMILES string of the molecule is C/C=C\C=C\c1ccnc(-c2ccccc2)n1. The molecule has 2 rings (SSSR count). The van der Waals surface area contributed by atoms with Gasteiger partial charge in [0, 0.05) is 11.8 Å². The largest absolute Gasteiger partial charge is 0.237 e. The summed E-state index contributed by atoms with van der Waals surface area (Å²) in [5, 5.41) is 0. The molecule has 0 aliphatic carbocycles. The second-order valence-corrected chi connectivity index (χ2v) is 3.56. The molecule has 0 spiro atoms. The molecule has 2 aromatic rings. The van der Waals surface area contributed by atoms with Crippen molar-refractivity contribution in [1.82, 2.24) is 9.97 Å². The second-order valence-electron chi connectivity index (χ2n) is 3.56. The lowest BCUT2D eigenvalue weighted by atomic mass is 10.2. The van der Waals surface area contributed by atoms with Crippen LogP contribution >= 0.6 is 0 Å². The molecule has 0 amide bonds. The predicted molar refractivity (Wildman–Crippen MR) is 71.3 cm³/mol. The predicted octanol–water partition coefficient (Wildman–Crippen LogP) is 3.73. The van der Waals surface area contributed by atoms with Crippen LogP contribution in [-0.2, 0) is 0 Å². The van der Waals surface area contributed by atoms with Crippen molar-refractivity contribution in [3.8, 4) is 11.4 Å². The molecule has 2 heteroatoms. The van der Waals surface area contributed by atoms with Crippen LogP contribution in [-0.4, -0.2) is 9.97 Å². The minimum Gasteiger partial charge on any atom is -0.237 e. The molecule has 0 radical (unpaired) electrons. The summed E-state index contributed by atoms with van der Waals surface area (Å²) in [6, 6.07) is 11.9. The van der Waals surface area contributed by atoms with Gasteiger partial charge in [0.25, 0.3) is 0 Å². The van der Waals surface area contributed by atoms with Crippen LogP contribution in [0.3, 0.4) is 0 Å². The first-order valence-electron chi connectivity index (χ1n) is 5.58. The van der Waals surface area contributed by atoms with Gasteiger partial charge in [0.15, 0.2) is 5.82 Å². The minimum absolute atomic E-state index is 0.758. The smallest absolute Gasteiger partial charge is 0.159 e. The lowest BCUT2D eigenvalue weighted by molar-refractivity contribution is 1.16. The van der Waals surface area contributed by atoms with Gasteiger partial charge < -0.3 is 0 Å². The van der Waals surface area contributed by atoms with Crippen molar-refractivity contribution in [2.75, 3.05) is 0 Å². The summed E-state index contributed by atoms with van der Waals surface area (Å²) in [6.45, 7) is 1.99. The number of allylic oxidation sites excluding steroid dienone is 3. The van der Waals surface area contributed by atoms with Crippen molar-refractivity contribution < 1.29 is 0 Å². The van der Waals surface area contributed by atoms with E-state index in [1.807, 2.05) is 67.6 Å². The maximum Gasteiger partial charge on any atom is 0.159 e. The number of nitrogens with zero attached hydrogens (tertiary/aromatic N) is 2. The van der Waals surface area contributed by atoms with E-state index in [2.05, 4.69) is 9.97 Å². The van der Waals surface area contributed by atoms with Crippen LogP contribution in [0.1, 0.15) is 12.6 Å². The molecule has 0 N–H and O–H groups in total. The minimum atomic E-state index is 0.758. The first-order chi connectivity index (χ1) is 8.40. The van der Waals surface area contributed by atoms with Crippen molar-refractivity contribution in [2.45, 2.75) is 6.92 Å². The molecule has 17 heavy (non-hydrogen) atoms. The Labute approximate surface area is 101 Å². The van der Waals surface area contributed by atoms with Crippen molar-refractivity contribution in [3.05, 3.63) is 66.5 Å². The lowest BCUT2D eigenvalue weighted by Crippen LogP contribution is -1.90. The van der Waals surface area contributed by atoms with E-state index < -0.39 is 0 Å². The number of aromatic nitrogens is 2. The fourth-order valence-electron chi connectivity index (χ4n) is 1.46. The van der Waals surface area contributed by atoms with Gasteiger partial charge in [0.2, 0.25) is 0 Å². The number of hydrogen-bond acceptors (Lipinski definition) is 2. The maximum absolute atomic E-state index is 4.48. The van der Waals surface area contributed by atoms with Gasteiger partial charge in [-0.1, -0.05) is 48.6 Å². The molecule has 0 saturated heterocycles. The number of benzene rings is 1. The highest BCUT2D eigenvalue weighted by Crippen LogP contribution is 2.13. The van der Waals surface area contributed by atoms with Gasteiger partial charge in [-0.05, 0) is 19.1 Å². The third-order valence-electron chi connectivity index (χ3n) is 2.28. The molecule has 1 aromatic carbocycles. The molecule has 0 fully saturated rings. The van der Waals surface area contributed by atoms with E-state index in [0.29, 0.717) is 0 Å². The van der Waals surface area contributed by atoms with E-state index in [9.17, 15) is 0 Å². The van der Waals surface area contributed by atoms with Crippen molar-refractivity contribution >= 4 is 6.08 Å². The van der Waals surface area contributed by atoms with Crippen molar-refractivity contribution in [1.29, 1.82) is 0 Å². The molecule has 84 valence electrons. The molecule has 0 atom stereocenters. The summed E-state index contributed by atoms with van der Waals surface area (Å²) >= 11 is 0. The number of hydrogen-bond donors (Lipinski definition) is 0. The third-order valence-corrected chi connectivity index (χ3v) is 2.28.